The highest BCUT2D eigenvalue weighted by atomic mass is 35.5. The Morgan fingerprint density at radius 3 is 2.10 bits per heavy atom. The Morgan fingerprint density at radius 2 is 1.48 bits per heavy atom. The first-order valence-electron chi connectivity index (χ1n) is 23.5. The van der Waals surface area contributed by atoms with Gasteiger partial charge in [-0.3, -0.25) is 9.24 Å². The number of thioether (sulfide) groups is 1. The maximum atomic E-state index is 14.9. The van der Waals surface area contributed by atoms with Crippen LogP contribution in [0.25, 0.3) is 22.4 Å². The van der Waals surface area contributed by atoms with Crippen molar-refractivity contribution in [3.63, 3.8) is 0 Å². The fourth-order valence-electron chi connectivity index (χ4n) is 9.64. The van der Waals surface area contributed by atoms with Gasteiger partial charge >= 0.3 is 19.0 Å². The third-order valence-electron chi connectivity index (χ3n) is 13.2. The van der Waals surface area contributed by atoms with Crippen molar-refractivity contribution in [3.8, 4) is 22.4 Å². The summed E-state index contributed by atoms with van der Waals surface area (Å²) in [5, 5.41) is 11.0. The normalized spacial score (nSPS) is 17.1. The van der Waals surface area contributed by atoms with Crippen LogP contribution in [-0.4, -0.2) is 100 Å². The zero-order chi connectivity index (χ0) is 50.8. The maximum Gasteiger partial charge on any atom is 0.501 e. The molecule has 11 nitrogen and oxygen atoms in total. The van der Waals surface area contributed by atoms with E-state index in [0.29, 0.717) is 66.9 Å². The van der Waals surface area contributed by atoms with Gasteiger partial charge in [-0.25, -0.2) is 13.2 Å². The molecule has 0 unspecified atom stereocenters. The quantitative estimate of drug-likeness (QED) is 0.0695. The van der Waals surface area contributed by atoms with Crippen LogP contribution in [0.15, 0.2) is 131 Å². The first-order chi connectivity index (χ1) is 33.8. The van der Waals surface area contributed by atoms with E-state index < -0.39 is 33.7 Å². The molecule has 0 saturated carbocycles. The van der Waals surface area contributed by atoms with E-state index in [1.165, 1.54) is 16.8 Å². The number of nitrogens with zero attached hydrogens (tertiary/aromatic N) is 5. The molecule has 0 radical (unpaired) electrons. The number of aromatic carboxylic acids is 1. The Labute approximate surface area is 423 Å². The lowest BCUT2D eigenvalue weighted by atomic mass is 9.96. The second-order valence-corrected chi connectivity index (χ2v) is 24.2. The minimum Gasteiger partial charge on any atom is -0.478 e. The highest BCUT2D eigenvalue weighted by Crippen LogP contribution is 2.56. The summed E-state index contributed by atoms with van der Waals surface area (Å²) in [5.41, 5.74) is 0.883. The summed E-state index contributed by atoms with van der Waals surface area (Å²) < 4.78 is 94.2. The van der Waals surface area contributed by atoms with E-state index in [2.05, 4.69) is 20.4 Å². The standard InChI is InChI=1S/C53H58ClF3N5O6PS2/c1-36(2)62-37(3)49(52(63)64)50(51(62)39-14-17-42(54)18-15-39)41-10-9-11-45(33-41)60-28-26-59(27-29-60)43-19-21-44(22-20-43)61-30-31-68-69(61,65)46-23-16-40(48(34-46)71(66,67)53(55,56)57)32-38(24-25-58(4)5)35-70-47-12-7-6-8-13-47/h6-23,33-34,36,38H,24-32,35H2,1-5H3,(H,63,64)/t38-,69-/m0/s1. The molecule has 6 aromatic rings. The Kier molecular flexibility index (Phi) is 15.8. The van der Waals surface area contributed by atoms with Crippen molar-refractivity contribution in [2.75, 3.05) is 80.2 Å². The van der Waals surface area contributed by atoms with Crippen LogP contribution in [0, 0.1) is 12.8 Å². The molecule has 376 valence electrons. The van der Waals surface area contributed by atoms with Gasteiger partial charge in [-0.1, -0.05) is 60.1 Å². The SMILES string of the molecule is Cc1c(C(=O)O)c(-c2cccc(N3CCN(c4ccc(N5CCO[P@@]5(=O)c5ccc(C[C@H](CCN(C)C)CSc6ccccc6)c(S(=O)(=O)C(F)(F)F)c5)cc4)CC3)c2)c(-c2ccc(Cl)cc2)n1C(C)C. The van der Waals surface area contributed by atoms with Gasteiger partial charge < -0.3 is 28.9 Å². The third-order valence-corrected chi connectivity index (χ3v) is 18.8. The average molecular weight is 1050 g/mol. The van der Waals surface area contributed by atoms with Gasteiger partial charge in [-0.05, 0) is 150 Å². The maximum absolute atomic E-state index is 14.9. The third kappa shape index (κ3) is 11.1. The topological polar surface area (TPSA) is 116 Å². The average Bonchev–Trinajstić information content (AvgIpc) is 3.90. The van der Waals surface area contributed by atoms with E-state index >= 15 is 0 Å². The number of piperazine rings is 1. The van der Waals surface area contributed by atoms with Gasteiger partial charge in [0, 0.05) is 76.2 Å². The Morgan fingerprint density at radius 1 is 0.831 bits per heavy atom. The molecule has 2 fully saturated rings. The van der Waals surface area contributed by atoms with Gasteiger partial charge in [0.05, 0.1) is 34.6 Å². The number of anilines is 3. The number of aromatic nitrogens is 1. The van der Waals surface area contributed by atoms with Crippen LogP contribution in [0.5, 0.6) is 0 Å². The second kappa shape index (κ2) is 21.5. The minimum absolute atomic E-state index is 0.0127. The first kappa shape index (κ1) is 52.1. The Balaban J connectivity index is 1.00. The molecule has 0 amide bonds. The zero-order valence-corrected chi connectivity index (χ0v) is 43.6. The number of benzene rings is 5. The van der Waals surface area contributed by atoms with Crippen LogP contribution in [0.3, 0.4) is 0 Å². The van der Waals surface area contributed by atoms with Crippen molar-refractivity contribution in [2.24, 2.45) is 5.92 Å². The van der Waals surface area contributed by atoms with Crippen molar-refractivity contribution in [2.45, 2.75) is 55.0 Å². The predicted octanol–water partition coefficient (Wildman–Crippen LogP) is 11.9. The number of carbonyl (C=O) groups is 1. The molecule has 8 rings (SSSR count). The lowest BCUT2D eigenvalue weighted by Crippen LogP contribution is -2.46. The monoisotopic (exact) mass is 1050 g/mol. The van der Waals surface area contributed by atoms with Crippen molar-refractivity contribution < 1.29 is 40.6 Å². The van der Waals surface area contributed by atoms with Crippen molar-refractivity contribution in [3.05, 3.63) is 143 Å². The number of rotatable bonds is 17. The highest BCUT2D eigenvalue weighted by Gasteiger charge is 2.49. The molecule has 2 aliphatic rings. The summed E-state index contributed by atoms with van der Waals surface area (Å²) in [6, 6.07) is 36.2. The number of halogens is 4. The van der Waals surface area contributed by atoms with E-state index in [9.17, 15) is 36.1 Å². The number of hydrogen-bond acceptors (Lipinski definition) is 9. The summed E-state index contributed by atoms with van der Waals surface area (Å²) in [5.74, 6) is -0.611. The van der Waals surface area contributed by atoms with E-state index in [4.69, 9.17) is 16.1 Å². The lowest BCUT2D eigenvalue weighted by Gasteiger charge is -2.37. The molecule has 0 aliphatic carbocycles. The first-order valence-corrected chi connectivity index (χ1v) is 27.9. The molecular weight excluding hydrogens is 990 g/mol. The van der Waals surface area contributed by atoms with Gasteiger partial charge in [-0.2, -0.15) is 13.2 Å². The van der Waals surface area contributed by atoms with E-state index in [1.807, 2.05) is 125 Å². The van der Waals surface area contributed by atoms with Gasteiger partial charge in [0.25, 0.3) is 9.84 Å². The fraction of sp³-hybridized carbons (Fsp3) is 0.340. The Hall–Kier alpha value is -5.22. The molecule has 3 heterocycles. The Bertz CT molecular complexity index is 3020. The minimum atomic E-state index is -5.84. The van der Waals surface area contributed by atoms with Crippen LogP contribution in [0.2, 0.25) is 5.02 Å². The molecule has 5 aromatic carbocycles. The molecule has 2 aliphatic heterocycles. The summed E-state index contributed by atoms with van der Waals surface area (Å²) in [7, 11) is -6.08. The van der Waals surface area contributed by atoms with Gasteiger partial charge in [0.15, 0.2) is 0 Å². The molecular formula is C53H58ClF3N5O6PS2. The fourth-order valence-corrected chi connectivity index (χ4v) is 14.2. The largest absolute Gasteiger partial charge is 0.501 e. The number of sulfone groups is 1. The number of carboxylic acid groups (broad SMARTS) is 1. The zero-order valence-electron chi connectivity index (χ0n) is 40.3. The molecule has 71 heavy (non-hydrogen) atoms. The van der Waals surface area contributed by atoms with Gasteiger partial charge in [0.2, 0.25) is 0 Å². The van der Waals surface area contributed by atoms with Crippen LogP contribution in [-0.2, 0) is 25.3 Å². The molecule has 2 atom stereocenters. The summed E-state index contributed by atoms with van der Waals surface area (Å²) in [6.07, 6.45) is 0.690. The smallest absolute Gasteiger partial charge is 0.478 e. The number of carboxylic acids is 1. The van der Waals surface area contributed by atoms with E-state index in [0.717, 1.165) is 39.2 Å². The second-order valence-electron chi connectivity index (χ2n) is 18.5. The molecule has 2 saturated heterocycles. The van der Waals surface area contributed by atoms with Crippen LogP contribution in [0.1, 0.15) is 47.9 Å². The van der Waals surface area contributed by atoms with Gasteiger partial charge in [0.1, 0.15) is 0 Å². The molecule has 1 N–H and O–H groups in total. The van der Waals surface area contributed by atoms with Crippen molar-refractivity contribution >= 4 is 69.1 Å². The summed E-state index contributed by atoms with van der Waals surface area (Å²) in [6.45, 7) is 9.45. The number of hydrogen-bond donors (Lipinski definition) is 1. The van der Waals surface area contributed by atoms with E-state index in [1.54, 1.807) is 23.9 Å². The summed E-state index contributed by atoms with van der Waals surface area (Å²) in [4.78, 5) is 19.5. The molecule has 0 bridgehead atoms. The molecule has 18 heteroatoms. The number of alkyl halides is 3. The van der Waals surface area contributed by atoms with Crippen molar-refractivity contribution in [1.82, 2.24) is 9.47 Å². The molecule has 1 aromatic heterocycles. The van der Waals surface area contributed by atoms with E-state index in [-0.39, 0.29) is 48.0 Å². The highest BCUT2D eigenvalue weighted by molar-refractivity contribution is 7.99. The van der Waals surface area contributed by atoms with Crippen LogP contribution in [0.4, 0.5) is 30.2 Å². The lowest BCUT2D eigenvalue weighted by molar-refractivity contribution is -0.0436. The van der Waals surface area contributed by atoms with Crippen molar-refractivity contribution in [1.29, 1.82) is 0 Å². The predicted molar refractivity (Wildman–Crippen MR) is 281 cm³/mol. The molecule has 0 spiro atoms. The van der Waals surface area contributed by atoms with Gasteiger partial charge in [-0.15, -0.1) is 11.8 Å². The summed E-state index contributed by atoms with van der Waals surface area (Å²) >= 11 is 7.83. The van der Waals surface area contributed by atoms with Crippen LogP contribution >= 0.6 is 30.9 Å². The van der Waals surface area contributed by atoms with Crippen LogP contribution < -0.4 is 19.8 Å².